The quantitative estimate of drug-likeness (QED) is 0.353. The van der Waals surface area contributed by atoms with Gasteiger partial charge in [0.1, 0.15) is 5.60 Å². The van der Waals surface area contributed by atoms with Gasteiger partial charge in [0.2, 0.25) is 0 Å². The van der Waals surface area contributed by atoms with E-state index in [9.17, 15) is 9.59 Å². The van der Waals surface area contributed by atoms with Crippen molar-refractivity contribution in [3.63, 3.8) is 0 Å². The average molecular weight is 446 g/mol. The van der Waals surface area contributed by atoms with Crippen LogP contribution in [0.4, 0.5) is 10.5 Å². The lowest BCUT2D eigenvalue weighted by atomic mass is 10.0. The van der Waals surface area contributed by atoms with Crippen LogP contribution in [0.1, 0.15) is 38.8 Å². The van der Waals surface area contributed by atoms with Crippen LogP contribution in [0.5, 0.6) is 0 Å². The zero-order valence-corrected chi connectivity index (χ0v) is 18.0. The number of ether oxygens (including phenoxy) is 2. The maximum Gasteiger partial charge on any atom is 0.412 e. The molecule has 1 amide bonds. The third-order valence-corrected chi connectivity index (χ3v) is 4.25. The highest BCUT2D eigenvalue weighted by Crippen LogP contribution is 2.29. The molecule has 0 atom stereocenters. The lowest BCUT2D eigenvalue weighted by Gasteiger charge is -2.20. The summed E-state index contributed by atoms with van der Waals surface area (Å²) in [4.78, 5) is 24.8. The van der Waals surface area contributed by atoms with Gasteiger partial charge in [0.25, 0.3) is 0 Å². The van der Waals surface area contributed by atoms with Crippen LogP contribution in [-0.2, 0) is 14.3 Å². The van der Waals surface area contributed by atoms with E-state index >= 15 is 0 Å². The number of amides is 1. The molecule has 0 heterocycles. The maximum absolute atomic E-state index is 12.6. The smallest absolute Gasteiger partial charge is 0.412 e. The summed E-state index contributed by atoms with van der Waals surface area (Å²) in [6.07, 6.45) is 1.14. The van der Waals surface area contributed by atoms with Crippen LogP contribution in [0.2, 0.25) is 0 Å². The summed E-state index contributed by atoms with van der Waals surface area (Å²) >= 11 is 3.48. The van der Waals surface area contributed by atoms with Crippen LogP contribution in [0, 0.1) is 0 Å². The van der Waals surface area contributed by atoms with E-state index in [1.807, 2.05) is 36.4 Å². The maximum atomic E-state index is 12.6. The molecule has 0 spiro atoms. The minimum atomic E-state index is -0.611. The van der Waals surface area contributed by atoms with Crippen LogP contribution >= 0.6 is 15.9 Å². The number of benzene rings is 2. The third kappa shape index (κ3) is 6.23. The normalized spacial score (nSPS) is 11.7. The van der Waals surface area contributed by atoms with Crippen molar-refractivity contribution in [3.05, 3.63) is 64.1 Å². The fourth-order valence-electron chi connectivity index (χ4n) is 2.44. The monoisotopic (exact) mass is 445 g/mol. The molecule has 0 unspecified atom stereocenters. The predicted molar refractivity (Wildman–Crippen MR) is 115 cm³/mol. The number of hydrogen-bond donors (Lipinski definition) is 1. The molecule has 0 aliphatic heterocycles. The van der Waals surface area contributed by atoms with Crippen LogP contribution in [0.15, 0.2) is 53.0 Å². The molecular weight excluding hydrogens is 422 g/mol. The van der Waals surface area contributed by atoms with Crippen molar-refractivity contribution in [1.82, 2.24) is 0 Å². The molecule has 0 aliphatic carbocycles. The lowest BCUT2D eigenvalue weighted by Crippen LogP contribution is -2.27. The van der Waals surface area contributed by atoms with Gasteiger partial charge in [-0.05, 0) is 51.5 Å². The molecule has 28 heavy (non-hydrogen) atoms. The Hall–Kier alpha value is -2.60. The number of para-hydroxylation sites is 1. The zero-order valence-electron chi connectivity index (χ0n) is 16.4. The standard InChI is InChI=1S/C22H24BrNO4/c1-5-27-20(25)17(16-11-7-8-12-18(16)23)14-15-10-6-9-13-19(15)24-21(26)28-22(2,3)4/h6-14H,5H2,1-4H3,(H,24,26)/b17-14+. The third-order valence-electron chi connectivity index (χ3n) is 3.56. The number of hydrogen-bond acceptors (Lipinski definition) is 4. The Morgan fingerprint density at radius 2 is 1.71 bits per heavy atom. The minimum absolute atomic E-state index is 0.262. The molecule has 0 aliphatic rings. The number of rotatable bonds is 5. The Bertz CT molecular complexity index is 884. The van der Waals surface area contributed by atoms with Crippen LogP contribution in [0.25, 0.3) is 11.6 Å². The number of halogens is 1. The first-order chi connectivity index (χ1) is 13.2. The van der Waals surface area contributed by atoms with Crippen molar-refractivity contribution >= 4 is 45.3 Å². The highest BCUT2D eigenvalue weighted by molar-refractivity contribution is 9.10. The fraction of sp³-hybridized carbons (Fsp3) is 0.273. The number of nitrogens with one attached hydrogen (secondary N) is 1. The number of anilines is 1. The van der Waals surface area contributed by atoms with E-state index in [0.717, 1.165) is 4.47 Å². The summed E-state index contributed by atoms with van der Waals surface area (Å²) < 4.78 is 11.3. The molecular formula is C22H24BrNO4. The molecule has 2 rings (SSSR count). The molecule has 148 valence electrons. The number of esters is 1. The van der Waals surface area contributed by atoms with E-state index < -0.39 is 17.7 Å². The molecule has 0 saturated heterocycles. The molecule has 6 heteroatoms. The second-order valence-electron chi connectivity index (χ2n) is 6.97. The summed E-state index contributed by atoms with van der Waals surface area (Å²) in [7, 11) is 0. The van der Waals surface area contributed by atoms with Crippen LogP contribution < -0.4 is 5.32 Å². The van der Waals surface area contributed by atoms with Gasteiger partial charge in [-0.2, -0.15) is 0 Å². The Balaban J connectivity index is 2.45. The summed E-state index contributed by atoms with van der Waals surface area (Å²) in [5, 5.41) is 2.74. The highest BCUT2D eigenvalue weighted by atomic mass is 79.9. The molecule has 1 N–H and O–H groups in total. The summed E-state index contributed by atoms with van der Waals surface area (Å²) in [6.45, 7) is 7.41. The average Bonchev–Trinajstić information content (AvgIpc) is 2.60. The second kappa shape index (κ2) is 9.55. The van der Waals surface area contributed by atoms with E-state index in [1.165, 1.54) is 0 Å². The van der Waals surface area contributed by atoms with E-state index in [1.54, 1.807) is 45.9 Å². The van der Waals surface area contributed by atoms with Gasteiger partial charge in [-0.25, -0.2) is 9.59 Å². The molecule has 0 fully saturated rings. The van der Waals surface area contributed by atoms with Crippen LogP contribution in [-0.4, -0.2) is 24.3 Å². The highest BCUT2D eigenvalue weighted by Gasteiger charge is 2.19. The zero-order chi connectivity index (χ0) is 20.7. The lowest BCUT2D eigenvalue weighted by molar-refractivity contribution is -0.136. The number of carbonyl (C=O) groups is 2. The van der Waals surface area contributed by atoms with Gasteiger partial charge >= 0.3 is 12.1 Å². The van der Waals surface area contributed by atoms with E-state index in [4.69, 9.17) is 9.47 Å². The Labute approximate surface area is 173 Å². The van der Waals surface area contributed by atoms with E-state index in [0.29, 0.717) is 22.4 Å². The van der Waals surface area contributed by atoms with Gasteiger partial charge in [-0.1, -0.05) is 52.3 Å². The molecule has 0 saturated carbocycles. The Morgan fingerprint density at radius 3 is 2.36 bits per heavy atom. The summed E-state index contributed by atoms with van der Waals surface area (Å²) in [5.74, 6) is -0.443. The van der Waals surface area contributed by atoms with Gasteiger partial charge in [0.15, 0.2) is 0 Å². The molecule has 0 radical (unpaired) electrons. The van der Waals surface area contributed by atoms with Crippen molar-refractivity contribution in [2.75, 3.05) is 11.9 Å². The minimum Gasteiger partial charge on any atom is -0.462 e. The Kier molecular flexibility index (Phi) is 7.40. The van der Waals surface area contributed by atoms with Crippen molar-refractivity contribution in [2.24, 2.45) is 0 Å². The number of carbonyl (C=O) groups excluding carboxylic acids is 2. The summed E-state index contributed by atoms with van der Waals surface area (Å²) in [5.41, 5.74) is 1.67. The summed E-state index contributed by atoms with van der Waals surface area (Å²) in [6, 6.07) is 14.6. The van der Waals surface area contributed by atoms with E-state index in [2.05, 4.69) is 21.2 Å². The topological polar surface area (TPSA) is 64.6 Å². The van der Waals surface area contributed by atoms with Crippen molar-refractivity contribution in [3.8, 4) is 0 Å². The fourth-order valence-corrected chi connectivity index (χ4v) is 2.94. The first-order valence-electron chi connectivity index (χ1n) is 8.94. The van der Waals surface area contributed by atoms with Crippen molar-refractivity contribution < 1.29 is 19.1 Å². The van der Waals surface area contributed by atoms with Gasteiger partial charge in [0.05, 0.1) is 17.9 Å². The van der Waals surface area contributed by atoms with Gasteiger partial charge in [-0.3, -0.25) is 5.32 Å². The van der Waals surface area contributed by atoms with Gasteiger partial charge < -0.3 is 9.47 Å². The first-order valence-corrected chi connectivity index (χ1v) is 9.73. The predicted octanol–water partition coefficient (Wildman–Crippen LogP) is 5.90. The van der Waals surface area contributed by atoms with E-state index in [-0.39, 0.29) is 6.61 Å². The van der Waals surface area contributed by atoms with Crippen molar-refractivity contribution in [2.45, 2.75) is 33.3 Å². The first kappa shape index (κ1) is 21.7. The largest absolute Gasteiger partial charge is 0.462 e. The van der Waals surface area contributed by atoms with Gasteiger partial charge in [-0.15, -0.1) is 0 Å². The molecule has 0 bridgehead atoms. The SMILES string of the molecule is CCOC(=O)/C(=C/c1ccccc1NC(=O)OC(C)(C)C)c1ccccc1Br. The molecule has 5 nitrogen and oxygen atoms in total. The Morgan fingerprint density at radius 1 is 1.07 bits per heavy atom. The molecule has 0 aromatic heterocycles. The second-order valence-corrected chi connectivity index (χ2v) is 7.83. The van der Waals surface area contributed by atoms with Crippen LogP contribution in [0.3, 0.4) is 0 Å². The molecule has 2 aromatic rings. The van der Waals surface area contributed by atoms with Gasteiger partial charge in [0, 0.05) is 10.0 Å². The van der Waals surface area contributed by atoms with Crippen molar-refractivity contribution in [1.29, 1.82) is 0 Å². The molecule has 2 aromatic carbocycles.